The number of hydrogen-bond acceptors (Lipinski definition) is 2. The van der Waals surface area contributed by atoms with Crippen molar-refractivity contribution in [2.45, 2.75) is 44.6 Å². The SMILES string of the molecule is O=C(CCCc1ccc2c(c1)-c1ccccc1C2)NC1CCNCC1. The fourth-order valence-corrected chi connectivity index (χ4v) is 4.05. The molecule has 1 aliphatic heterocycles. The molecule has 2 N–H and O–H groups in total. The Labute approximate surface area is 149 Å². The first-order valence-corrected chi connectivity index (χ1v) is 9.50. The average molecular weight is 334 g/mol. The van der Waals surface area contributed by atoms with Crippen molar-refractivity contribution in [3.05, 3.63) is 59.2 Å². The molecule has 0 saturated carbocycles. The molecule has 4 rings (SSSR count). The molecule has 25 heavy (non-hydrogen) atoms. The molecule has 0 bridgehead atoms. The van der Waals surface area contributed by atoms with Crippen LogP contribution in [0.25, 0.3) is 11.1 Å². The highest BCUT2D eigenvalue weighted by Gasteiger charge is 2.18. The van der Waals surface area contributed by atoms with Crippen LogP contribution in [0, 0.1) is 0 Å². The predicted molar refractivity (Wildman–Crippen MR) is 102 cm³/mol. The topological polar surface area (TPSA) is 41.1 Å². The second kappa shape index (κ2) is 7.40. The van der Waals surface area contributed by atoms with Gasteiger partial charge in [-0.25, -0.2) is 0 Å². The lowest BCUT2D eigenvalue weighted by Gasteiger charge is -2.23. The molecule has 1 saturated heterocycles. The Morgan fingerprint density at radius 3 is 2.72 bits per heavy atom. The van der Waals surface area contributed by atoms with Crippen LogP contribution in [0.3, 0.4) is 0 Å². The maximum absolute atomic E-state index is 12.1. The Hall–Kier alpha value is -2.13. The van der Waals surface area contributed by atoms with E-state index in [0.717, 1.165) is 45.2 Å². The van der Waals surface area contributed by atoms with Crippen molar-refractivity contribution >= 4 is 5.91 Å². The van der Waals surface area contributed by atoms with E-state index in [1.165, 1.54) is 27.8 Å². The Kier molecular flexibility index (Phi) is 4.84. The van der Waals surface area contributed by atoms with Gasteiger partial charge in [0.25, 0.3) is 0 Å². The number of benzene rings is 2. The summed E-state index contributed by atoms with van der Waals surface area (Å²) in [5.41, 5.74) is 6.95. The molecule has 0 atom stereocenters. The number of amides is 1. The minimum Gasteiger partial charge on any atom is -0.353 e. The molecular formula is C22H26N2O. The van der Waals surface area contributed by atoms with E-state index in [1.54, 1.807) is 0 Å². The van der Waals surface area contributed by atoms with Crippen LogP contribution in [0.5, 0.6) is 0 Å². The second-order valence-electron chi connectivity index (χ2n) is 7.27. The number of rotatable bonds is 5. The van der Waals surface area contributed by atoms with Gasteiger partial charge in [0.2, 0.25) is 5.91 Å². The quantitative estimate of drug-likeness (QED) is 0.750. The summed E-state index contributed by atoms with van der Waals surface area (Å²) >= 11 is 0. The van der Waals surface area contributed by atoms with Crippen LogP contribution in [0.1, 0.15) is 42.4 Å². The molecule has 0 aromatic heterocycles. The normalized spacial score (nSPS) is 16.3. The summed E-state index contributed by atoms with van der Waals surface area (Å²) in [6, 6.07) is 15.9. The third kappa shape index (κ3) is 3.77. The molecule has 0 unspecified atom stereocenters. The number of nitrogens with one attached hydrogen (secondary N) is 2. The van der Waals surface area contributed by atoms with E-state index in [4.69, 9.17) is 0 Å². The molecule has 2 aromatic carbocycles. The van der Waals surface area contributed by atoms with Gasteiger partial charge in [-0.1, -0.05) is 42.5 Å². The van der Waals surface area contributed by atoms with Gasteiger partial charge < -0.3 is 10.6 Å². The van der Waals surface area contributed by atoms with Crippen molar-refractivity contribution in [2.24, 2.45) is 0 Å². The first-order chi connectivity index (χ1) is 12.3. The van der Waals surface area contributed by atoms with Crippen LogP contribution < -0.4 is 10.6 Å². The van der Waals surface area contributed by atoms with E-state index in [2.05, 4.69) is 53.1 Å². The van der Waals surface area contributed by atoms with Gasteiger partial charge in [0, 0.05) is 12.5 Å². The lowest BCUT2D eigenvalue weighted by molar-refractivity contribution is -0.122. The van der Waals surface area contributed by atoms with Crippen molar-refractivity contribution in [2.75, 3.05) is 13.1 Å². The molecule has 1 fully saturated rings. The van der Waals surface area contributed by atoms with Crippen LogP contribution in [-0.4, -0.2) is 25.0 Å². The third-order valence-corrected chi connectivity index (χ3v) is 5.44. The molecular weight excluding hydrogens is 308 g/mol. The molecule has 1 aliphatic carbocycles. The molecule has 130 valence electrons. The lowest BCUT2D eigenvalue weighted by Crippen LogP contribution is -2.42. The van der Waals surface area contributed by atoms with Gasteiger partial charge in [0.15, 0.2) is 0 Å². The largest absolute Gasteiger partial charge is 0.353 e. The smallest absolute Gasteiger partial charge is 0.220 e. The number of carbonyl (C=O) groups excluding carboxylic acids is 1. The van der Waals surface area contributed by atoms with Crippen molar-refractivity contribution in [1.82, 2.24) is 10.6 Å². The average Bonchev–Trinajstić information content (AvgIpc) is 3.01. The summed E-state index contributed by atoms with van der Waals surface area (Å²) in [4.78, 5) is 12.1. The number of carbonyl (C=O) groups is 1. The molecule has 1 amide bonds. The second-order valence-corrected chi connectivity index (χ2v) is 7.27. The van der Waals surface area contributed by atoms with E-state index < -0.39 is 0 Å². The predicted octanol–water partition coefficient (Wildman–Crippen LogP) is 3.45. The summed E-state index contributed by atoms with van der Waals surface area (Å²) < 4.78 is 0. The van der Waals surface area contributed by atoms with Gasteiger partial charge in [-0.05, 0) is 73.0 Å². The van der Waals surface area contributed by atoms with Crippen molar-refractivity contribution in [3.63, 3.8) is 0 Å². The molecule has 3 nitrogen and oxygen atoms in total. The number of fused-ring (bicyclic) bond motifs is 3. The zero-order valence-corrected chi connectivity index (χ0v) is 14.7. The molecule has 0 spiro atoms. The Morgan fingerprint density at radius 1 is 1.04 bits per heavy atom. The highest BCUT2D eigenvalue weighted by Crippen LogP contribution is 2.36. The summed E-state index contributed by atoms with van der Waals surface area (Å²) in [6.07, 6.45) is 5.65. The van der Waals surface area contributed by atoms with Crippen LogP contribution in [0.4, 0.5) is 0 Å². The van der Waals surface area contributed by atoms with Gasteiger partial charge in [-0.15, -0.1) is 0 Å². The van der Waals surface area contributed by atoms with Gasteiger partial charge >= 0.3 is 0 Å². The van der Waals surface area contributed by atoms with Crippen molar-refractivity contribution in [1.29, 1.82) is 0 Å². The maximum Gasteiger partial charge on any atom is 0.220 e. The minimum atomic E-state index is 0.207. The van der Waals surface area contributed by atoms with Crippen molar-refractivity contribution < 1.29 is 4.79 Å². The summed E-state index contributed by atoms with van der Waals surface area (Å²) in [6.45, 7) is 2.03. The zero-order valence-electron chi connectivity index (χ0n) is 14.7. The van der Waals surface area contributed by atoms with E-state index >= 15 is 0 Å². The van der Waals surface area contributed by atoms with Gasteiger partial charge in [-0.3, -0.25) is 4.79 Å². The van der Waals surface area contributed by atoms with Crippen LogP contribution in [0.2, 0.25) is 0 Å². The standard InChI is InChI=1S/C22H26N2O/c25-22(24-19-10-12-23-13-11-19)7-3-4-16-8-9-18-15-17-5-1-2-6-20(17)21(18)14-16/h1-2,5-6,8-9,14,19,23H,3-4,7,10-13,15H2,(H,24,25). The van der Waals surface area contributed by atoms with E-state index in [0.29, 0.717) is 12.5 Å². The highest BCUT2D eigenvalue weighted by molar-refractivity contribution is 5.77. The summed E-state index contributed by atoms with van der Waals surface area (Å²) in [5, 5.41) is 6.51. The molecule has 2 aliphatic rings. The van der Waals surface area contributed by atoms with E-state index in [9.17, 15) is 4.79 Å². The van der Waals surface area contributed by atoms with Crippen molar-refractivity contribution in [3.8, 4) is 11.1 Å². The monoisotopic (exact) mass is 334 g/mol. The van der Waals surface area contributed by atoms with E-state index in [-0.39, 0.29) is 5.91 Å². The summed E-state index contributed by atoms with van der Waals surface area (Å²) in [5.74, 6) is 0.207. The fraction of sp³-hybridized carbons (Fsp3) is 0.409. The maximum atomic E-state index is 12.1. The number of piperidine rings is 1. The first kappa shape index (κ1) is 16.3. The van der Waals surface area contributed by atoms with Crippen LogP contribution in [0.15, 0.2) is 42.5 Å². The zero-order chi connectivity index (χ0) is 17.1. The first-order valence-electron chi connectivity index (χ1n) is 9.50. The number of hydrogen-bond donors (Lipinski definition) is 2. The van der Waals surface area contributed by atoms with E-state index in [1.807, 2.05) is 0 Å². The van der Waals surface area contributed by atoms with Gasteiger partial charge in [0.1, 0.15) is 0 Å². The van der Waals surface area contributed by atoms with Gasteiger partial charge in [0.05, 0.1) is 0 Å². The fourth-order valence-electron chi connectivity index (χ4n) is 4.05. The molecule has 2 aromatic rings. The summed E-state index contributed by atoms with van der Waals surface area (Å²) in [7, 11) is 0. The van der Waals surface area contributed by atoms with Crippen LogP contribution >= 0.6 is 0 Å². The van der Waals surface area contributed by atoms with Crippen LogP contribution in [-0.2, 0) is 17.6 Å². The molecule has 1 heterocycles. The molecule has 0 radical (unpaired) electrons. The Morgan fingerprint density at radius 2 is 1.84 bits per heavy atom. The Balaban J connectivity index is 1.31. The third-order valence-electron chi connectivity index (χ3n) is 5.44. The minimum absolute atomic E-state index is 0.207. The van der Waals surface area contributed by atoms with Gasteiger partial charge in [-0.2, -0.15) is 0 Å². The highest BCUT2D eigenvalue weighted by atomic mass is 16.1. The number of aryl methyl sites for hydroxylation is 1. The molecule has 3 heteroatoms. The Bertz CT molecular complexity index is 762. The lowest BCUT2D eigenvalue weighted by atomic mass is 10.00.